The first-order valence-corrected chi connectivity index (χ1v) is 12.7. The average molecular weight is 512 g/mol. The highest BCUT2D eigenvalue weighted by Crippen LogP contribution is 2.47. The normalized spacial score (nSPS) is 17.2. The van der Waals surface area contributed by atoms with Crippen molar-refractivity contribution >= 4 is 33.3 Å². The number of ether oxygens (including phenoxy) is 1. The monoisotopic (exact) mass is 511 g/mol. The molecule has 2 unspecified atom stereocenters. The fraction of sp³-hybridized carbons (Fsp3) is 0.208. The van der Waals surface area contributed by atoms with E-state index in [1.165, 1.54) is 13.4 Å². The van der Waals surface area contributed by atoms with Crippen molar-refractivity contribution in [2.45, 2.75) is 17.6 Å². The Labute approximate surface area is 207 Å². The Kier molecular flexibility index (Phi) is 5.86. The second kappa shape index (κ2) is 8.86. The number of carbonyl (C=O) groups excluding carboxylic acids is 1. The van der Waals surface area contributed by atoms with Gasteiger partial charge >= 0.3 is 5.97 Å². The maximum atomic E-state index is 13.4. The van der Waals surface area contributed by atoms with Gasteiger partial charge in [-0.05, 0) is 48.4 Å². The molecule has 2 aromatic heterocycles. The molecule has 1 saturated carbocycles. The number of sulfonamides is 1. The van der Waals surface area contributed by atoms with Crippen LogP contribution in [0.4, 0.5) is 5.69 Å². The summed E-state index contributed by atoms with van der Waals surface area (Å²) in [5, 5.41) is 3.91. The Morgan fingerprint density at radius 3 is 2.51 bits per heavy atom. The smallest absolute Gasteiger partial charge is 0.337 e. The summed E-state index contributed by atoms with van der Waals surface area (Å²) in [5.74, 6) is -0.0820. The third-order valence-corrected chi connectivity index (χ3v) is 8.20. The molecule has 9 nitrogen and oxygen atoms in total. The van der Waals surface area contributed by atoms with Crippen molar-refractivity contribution < 1.29 is 17.9 Å². The first-order valence-electron chi connectivity index (χ1n) is 10.8. The Balaban J connectivity index is 1.46. The van der Waals surface area contributed by atoms with Gasteiger partial charge in [0.1, 0.15) is 6.33 Å². The summed E-state index contributed by atoms with van der Waals surface area (Å²) >= 11 is 6.57. The lowest BCUT2D eigenvalue weighted by atomic mass is 10.1. The van der Waals surface area contributed by atoms with E-state index in [1.54, 1.807) is 52.7 Å². The summed E-state index contributed by atoms with van der Waals surface area (Å²) in [7, 11) is -0.673. The molecular formula is C24H22ClN5O4S. The second-order valence-corrected chi connectivity index (χ2v) is 10.6. The van der Waals surface area contributed by atoms with Crippen LogP contribution in [0.15, 0.2) is 67.3 Å². The van der Waals surface area contributed by atoms with Gasteiger partial charge in [-0.25, -0.2) is 22.9 Å². The number of halogens is 1. The molecule has 0 bridgehead atoms. The summed E-state index contributed by atoms with van der Waals surface area (Å²) in [6.07, 6.45) is 5.52. The van der Waals surface area contributed by atoms with E-state index in [0.717, 1.165) is 5.56 Å². The number of nitrogens with one attached hydrogen (secondary N) is 1. The van der Waals surface area contributed by atoms with Crippen molar-refractivity contribution in [1.29, 1.82) is 0 Å². The molecule has 11 heteroatoms. The van der Waals surface area contributed by atoms with E-state index in [4.69, 9.17) is 16.3 Å². The van der Waals surface area contributed by atoms with E-state index in [0.29, 0.717) is 39.8 Å². The minimum atomic E-state index is -3.73. The Hall–Kier alpha value is -3.63. The van der Waals surface area contributed by atoms with Crippen LogP contribution in [-0.2, 0) is 21.8 Å². The highest BCUT2D eigenvalue weighted by Gasteiger charge is 2.48. The average Bonchev–Trinajstić information content (AvgIpc) is 3.27. The molecule has 0 aliphatic heterocycles. The maximum absolute atomic E-state index is 13.4. The number of rotatable bonds is 7. The lowest BCUT2D eigenvalue weighted by molar-refractivity contribution is 0.0600. The minimum Gasteiger partial charge on any atom is -0.465 e. The van der Waals surface area contributed by atoms with Crippen LogP contribution >= 0.6 is 11.6 Å². The standard InChI is InChI=1S/C24H22ClN5O4S/c1-29-23(26-14-27-29)18-11-20(21(13-19(18)25)30-9-3-4-10-30)28-35(32,33)22-12-17(22)15-5-7-16(8-6-15)24(31)34-2/h3-11,13-14,17,22,28H,12H2,1-2H3. The zero-order valence-electron chi connectivity index (χ0n) is 18.9. The van der Waals surface area contributed by atoms with E-state index in [-0.39, 0.29) is 5.92 Å². The van der Waals surface area contributed by atoms with Crippen LogP contribution in [0.25, 0.3) is 17.1 Å². The highest BCUT2D eigenvalue weighted by atomic mass is 35.5. The van der Waals surface area contributed by atoms with Gasteiger partial charge in [-0.2, -0.15) is 5.10 Å². The van der Waals surface area contributed by atoms with Crippen molar-refractivity contribution in [2.24, 2.45) is 7.05 Å². The zero-order chi connectivity index (χ0) is 24.7. The zero-order valence-corrected chi connectivity index (χ0v) is 20.5. The van der Waals surface area contributed by atoms with Gasteiger partial charge in [0, 0.05) is 30.9 Å². The number of hydrogen-bond acceptors (Lipinski definition) is 6. The first kappa shape index (κ1) is 23.1. The predicted molar refractivity (Wildman–Crippen MR) is 132 cm³/mol. The number of hydrogen-bond donors (Lipinski definition) is 1. The van der Waals surface area contributed by atoms with Gasteiger partial charge in [0.2, 0.25) is 10.0 Å². The Morgan fingerprint density at radius 2 is 1.89 bits per heavy atom. The SMILES string of the molecule is COC(=O)c1ccc(C2CC2S(=O)(=O)Nc2cc(-c3ncnn3C)c(Cl)cc2-n2cccc2)cc1. The third-order valence-electron chi connectivity index (χ3n) is 6.06. The van der Waals surface area contributed by atoms with E-state index >= 15 is 0 Å². The summed E-state index contributed by atoms with van der Waals surface area (Å²) in [4.78, 5) is 15.9. The van der Waals surface area contributed by atoms with Crippen LogP contribution in [0.5, 0.6) is 0 Å². The summed E-state index contributed by atoms with van der Waals surface area (Å²) in [5.41, 5.74) is 2.81. The number of esters is 1. The number of aromatic nitrogens is 4. The van der Waals surface area contributed by atoms with Gasteiger partial charge in [-0.3, -0.25) is 4.72 Å². The lowest BCUT2D eigenvalue weighted by Gasteiger charge is -2.16. The molecule has 0 radical (unpaired) electrons. The van der Waals surface area contributed by atoms with Gasteiger partial charge in [-0.1, -0.05) is 23.7 Å². The van der Waals surface area contributed by atoms with E-state index in [9.17, 15) is 13.2 Å². The molecule has 180 valence electrons. The summed E-state index contributed by atoms with van der Waals surface area (Å²) < 4.78 is 37.6. The fourth-order valence-corrected chi connectivity index (χ4v) is 6.06. The molecule has 2 heterocycles. The largest absolute Gasteiger partial charge is 0.465 e. The van der Waals surface area contributed by atoms with E-state index < -0.39 is 21.2 Å². The summed E-state index contributed by atoms with van der Waals surface area (Å²) in [6, 6.07) is 13.9. The molecule has 5 rings (SSSR count). The number of methoxy groups -OCH3 is 1. The van der Waals surface area contributed by atoms with E-state index in [1.807, 2.05) is 24.5 Å². The fourth-order valence-electron chi connectivity index (χ4n) is 4.14. The number of aryl methyl sites for hydroxylation is 1. The molecule has 0 saturated heterocycles. The van der Waals surface area contributed by atoms with Crippen LogP contribution in [0.2, 0.25) is 5.02 Å². The van der Waals surface area contributed by atoms with Crippen molar-refractivity contribution in [1.82, 2.24) is 19.3 Å². The Bertz CT molecular complexity index is 1500. The van der Waals surface area contributed by atoms with Crippen LogP contribution in [-0.4, -0.2) is 46.1 Å². The molecule has 1 aliphatic carbocycles. The quantitative estimate of drug-likeness (QED) is 0.375. The van der Waals surface area contributed by atoms with Crippen LogP contribution < -0.4 is 4.72 Å². The molecule has 2 atom stereocenters. The third kappa shape index (κ3) is 4.42. The van der Waals surface area contributed by atoms with E-state index in [2.05, 4.69) is 14.8 Å². The van der Waals surface area contributed by atoms with Crippen LogP contribution in [0.3, 0.4) is 0 Å². The Morgan fingerprint density at radius 1 is 1.17 bits per heavy atom. The number of anilines is 1. The van der Waals surface area contributed by atoms with Crippen molar-refractivity contribution in [3.05, 3.63) is 83.4 Å². The van der Waals surface area contributed by atoms with Crippen molar-refractivity contribution in [2.75, 3.05) is 11.8 Å². The van der Waals surface area contributed by atoms with Crippen molar-refractivity contribution in [3.8, 4) is 17.1 Å². The first-order chi connectivity index (χ1) is 16.8. The molecule has 1 aliphatic rings. The molecule has 35 heavy (non-hydrogen) atoms. The minimum absolute atomic E-state index is 0.167. The molecule has 1 N–H and O–H groups in total. The van der Waals surface area contributed by atoms with Crippen LogP contribution in [0, 0.1) is 0 Å². The molecule has 0 spiro atoms. The van der Waals surface area contributed by atoms with Crippen molar-refractivity contribution in [3.63, 3.8) is 0 Å². The van der Waals surface area contributed by atoms with Gasteiger partial charge in [-0.15, -0.1) is 0 Å². The molecule has 0 amide bonds. The molecular weight excluding hydrogens is 490 g/mol. The maximum Gasteiger partial charge on any atom is 0.337 e. The summed E-state index contributed by atoms with van der Waals surface area (Å²) in [6.45, 7) is 0. The second-order valence-electron chi connectivity index (χ2n) is 8.29. The van der Waals surface area contributed by atoms with Gasteiger partial charge in [0.15, 0.2) is 5.82 Å². The molecule has 1 fully saturated rings. The topological polar surface area (TPSA) is 108 Å². The lowest BCUT2D eigenvalue weighted by Crippen LogP contribution is -2.20. The number of nitrogens with zero attached hydrogens (tertiary/aromatic N) is 4. The van der Waals surface area contributed by atoms with Crippen LogP contribution in [0.1, 0.15) is 28.3 Å². The number of carbonyl (C=O) groups is 1. The van der Waals surface area contributed by atoms with Gasteiger partial charge in [0.25, 0.3) is 0 Å². The molecule has 4 aromatic rings. The van der Waals surface area contributed by atoms with Gasteiger partial charge < -0.3 is 9.30 Å². The predicted octanol–water partition coefficient (Wildman–Crippen LogP) is 4.01. The number of benzene rings is 2. The molecule has 2 aromatic carbocycles. The van der Waals surface area contributed by atoms with Gasteiger partial charge in [0.05, 0.1) is 34.3 Å². The highest BCUT2D eigenvalue weighted by molar-refractivity contribution is 7.93.